The van der Waals surface area contributed by atoms with Gasteiger partial charge in [-0.2, -0.15) is 5.26 Å². The molecule has 0 unspecified atom stereocenters. The fourth-order valence-corrected chi connectivity index (χ4v) is 2.26. The zero-order valence-corrected chi connectivity index (χ0v) is 13.6. The molecule has 6 heteroatoms. The van der Waals surface area contributed by atoms with Crippen LogP contribution in [-0.2, 0) is 11.2 Å². The van der Waals surface area contributed by atoms with Gasteiger partial charge in [-0.1, -0.05) is 28.1 Å². The van der Waals surface area contributed by atoms with Crippen molar-refractivity contribution in [3.63, 3.8) is 0 Å². The average Bonchev–Trinajstić information content (AvgIpc) is 2.56. The number of hydrogen-bond acceptors (Lipinski definition) is 3. The lowest BCUT2D eigenvalue weighted by Gasteiger charge is -2.15. The van der Waals surface area contributed by atoms with Crippen molar-refractivity contribution in [1.82, 2.24) is 5.32 Å². The molecule has 0 saturated heterocycles. The van der Waals surface area contributed by atoms with E-state index in [2.05, 4.69) is 21.2 Å². The van der Waals surface area contributed by atoms with Gasteiger partial charge in [0.1, 0.15) is 6.04 Å². The summed E-state index contributed by atoms with van der Waals surface area (Å²) < 4.78 is 0.898. The molecular weight excluding hydrogens is 360 g/mol. The van der Waals surface area contributed by atoms with Gasteiger partial charge in [0.2, 0.25) is 0 Å². The van der Waals surface area contributed by atoms with Crippen LogP contribution in [0.5, 0.6) is 0 Å². The molecule has 2 aromatic rings. The molecule has 1 atom stereocenters. The zero-order chi connectivity index (χ0) is 16.8. The molecular formula is C17H13BrN2O3. The number of hydrogen-bond donors (Lipinski definition) is 2. The fraction of sp³-hybridized carbons (Fsp3) is 0.118. The normalized spacial score (nSPS) is 11.3. The SMILES string of the molecule is N#Cc1ccc(C(=O)N[C@@H](Cc2ccc(Br)cc2)C(=O)O)cc1. The van der Waals surface area contributed by atoms with E-state index in [1.807, 2.05) is 18.2 Å². The molecule has 116 valence electrons. The summed E-state index contributed by atoms with van der Waals surface area (Å²) in [6.07, 6.45) is 0.185. The molecule has 5 nitrogen and oxygen atoms in total. The van der Waals surface area contributed by atoms with Crippen LogP contribution >= 0.6 is 15.9 Å². The Morgan fingerprint density at radius 1 is 1.13 bits per heavy atom. The maximum absolute atomic E-state index is 12.1. The van der Waals surface area contributed by atoms with E-state index in [4.69, 9.17) is 5.26 Å². The fourth-order valence-electron chi connectivity index (χ4n) is 1.99. The van der Waals surface area contributed by atoms with Crippen molar-refractivity contribution in [3.8, 4) is 6.07 Å². The smallest absolute Gasteiger partial charge is 0.326 e. The van der Waals surface area contributed by atoms with Gasteiger partial charge >= 0.3 is 5.97 Å². The Morgan fingerprint density at radius 3 is 2.26 bits per heavy atom. The van der Waals surface area contributed by atoms with Crippen LogP contribution < -0.4 is 5.32 Å². The third kappa shape index (κ3) is 4.66. The molecule has 0 spiro atoms. The minimum Gasteiger partial charge on any atom is -0.480 e. The lowest BCUT2D eigenvalue weighted by atomic mass is 10.1. The number of carbonyl (C=O) groups excluding carboxylic acids is 1. The molecule has 1 amide bonds. The average molecular weight is 373 g/mol. The molecule has 0 heterocycles. The Bertz CT molecular complexity index is 749. The maximum atomic E-state index is 12.1. The summed E-state index contributed by atoms with van der Waals surface area (Å²) in [6.45, 7) is 0. The van der Waals surface area contributed by atoms with Gasteiger partial charge in [-0.25, -0.2) is 4.79 Å². The van der Waals surface area contributed by atoms with E-state index in [-0.39, 0.29) is 6.42 Å². The first-order valence-corrected chi connectivity index (χ1v) is 7.57. The van der Waals surface area contributed by atoms with Crippen LogP contribution in [0.4, 0.5) is 0 Å². The quantitative estimate of drug-likeness (QED) is 0.843. The van der Waals surface area contributed by atoms with Crippen LogP contribution in [-0.4, -0.2) is 23.0 Å². The van der Waals surface area contributed by atoms with Crippen molar-refractivity contribution in [2.24, 2.45) is 0 Å². The number of aliphatic carboxylic acids is 1. The van der Waals surface area contributed by atoms with Crippen LogP contribution in [0.2, 0.25) is 0 Å². The predicted octanol–water partition coefficient (Wildman–Crippen LogP) is 2.75. The molecule has 2 rings (SSSR count). The molecule has 0 aliphatic heterocycles. The van der Waals surface area contributed by atoms with Gasteiger partial charge in [-0.15, -0.1) is 0 Å². The van der Waals surface area contributed by atoms with Gasteiger partial charge in [0.05, 0.1) is 11.6 Å². The molecule has 23 heavy (non-hydrogen) atoms. The van der Waals surface area contributed by atoms with Crippen LogP contribution in [0.25, 0.3) is 0 Å². The molecule has 0 aliphatic carbocycles. The lowest BCUT2D eigenvalue weighted by molar-refractivity contribution is -0.139. The van der Waals surface area contributed by atoms with Gasteiger partial charge in [0.25, 0.3) is 5.91 Å². The van der Waals surface area contributed by atoms with Crippen molar-refractivity contribution in [1.29, 1.82) is 5.26 Å². The number of carboxylic acid groups (broad SMARTS) is 1. The summed E-state index contributed by atoms with van der Waals surface area (Å²) in [5.74, 6) is -1.59. The zero-order valence-electron chi connectivity index (χ0n) is 12.0. The summed E-state index contributed by atoms with van der Waals surface area (Å²) in [4.78, 5) is 23.5. The maximum Gasteiger partial charge on any atom is 0.326 e. The van der Waals surface area contributed by atoms with Crippen molar-refractivity contribution in [3.05, 3.63) is 69.7 Å². The van der Waals surface area contributed by atoms with Gasteiger partial charge in [-0.05, 0) is 42.0 Å². The highest BCUT2D eigenvalue weighted by Gasteiger charge is 2.21. The first kappa shape index (κ1) is 16.7. The van der Waals surface area contributed by atoms with Crippen LogP contribution in [0.15, 0.2) is 53.0 Å². The van der Waals surface area contributed by atoms with E-state index in [1.54, 1.807) is 12.1 Å². The number of nitrogens with zero attached hydrogens (tertiary/aromatic N) is 1. The van der Waals surface area contributed by atoms with E-state index in [9.17, 15) is 14.7 Å². The second-order valence-electron chi connectivity index (χ2n) is 4.88. The first-order valence-electron chi connectivity index (χ1n) is 6.78. The second-order valence-corrected chi connectivity index (χ2v) is 5.80. The monoisotopic (exact) mass is 372 g/mol. The van der Waals surface area contributed by atoms with Crippen molar-refractivity contribution < 1.29 is 14.7 Å². The predicted molar refractivity (Wildman–Crippen MR) is 87.9 cm³/mol. The molecule has 2 aromatic carbocycles. The molecule has 2 N–H and O–H groups in total. The number of carbonyl (C=O) groups is 2. The Labute approximate surface area is 141 Å². The van der Waals surface area contributed by atoms with Gasteiger partial charge in [-0.3, -0.25) is 4.79 Å². The minimum absolute atomic E-state index is 0.185. The summed E-state index contributed by atoms with van der Waals surface area (Å²) >= 11 is 3.31. The number of amides is 1. The molecule has 0 radical (unpaired) electrons. The Hall–Kier alpha value is -2.65. The summed E-state index contributed by atoms with van der Waals surface area (Å²) in [5, 5.41) is 20.5. The number of halogens is 1. The van der Waals surface area contributed by atoms with Gasteiger partial charge in [0, 0.05) is 16.5 Å². The second kappa shape index (κ2) is 7.56. The van der Waals surface area contributed by atoms with Crippen LogP contribution in [0, 0.1) is 11.3 Å². The summed E-state index contributed by atoms with van der Waals surface area (Å²) in [6, 6.07) is 14.2. The number of carboxylic acids is 1. The largest absolute Gasteiger partial charge is 0.480 e. The summed E-state index contributed by atoms with van der Waals surface area (Å²) in [5.41, 5.74) is 1.55. The molecule has 0 fully saturated rings. The Morgan fingerprint density at radius 2 is 1.74 bits per heavy atom. The summed E-state index contributed by atoms with van der Waals surface area (Å²) in [7, 11) is 0. The Balaban J connectivity index is 2.09. The highest BCUT2D eigenvalue weighted by Crippen LogP contribution is 2.12. The lowest BCUT2D eigenvalue weighted by Crippen LogP contribution is -2.42. The molecule has 0 aromatic heterocycles. The first-order chi connectivity index (χ1) is 11.0. The van der Waals surface area contributed by atoms with Crippen LogP contribution in [0.1, 0.15) is 21.5 Å². The van der Waals surface area contributed by atoms with E-state index in [0.717, 1.165) is 10.0 Å². The molecule has 0 saturated carbocycles. The van der Waals surface area contributed by atoms with E-state index >= 15 is 0 Å². The highest BCUT2D eigenvalue weighted by molar-refractivity contribution is 9.10. The number of benzene rings is 2. The van der Waals surface area contributed by atoms with Gasteiger partial charge < -0.3 is 10.4 Å². The van der Waals surface area contributed by atoms with Gasteiger partial charge in [0.15, 0.2) is 0 Å². The topological polar surface area (TPSA) is 90.2 Å². The van der Waals surface area contributed by atoms with Crippen LogP contribution in [0.3, 0.4) is 0 Å². The van der Waals surface area contributed by atoms with Crippen molar-refractivity contribution in [2.75, 3.05) is 0 Å². The number of rotatable bonds is 5. The number of nitrogens with one attached hydrogen (secondary N) is 1. The third-order valence-electron chi connectivity index (χ3n) is 3.23. The standard InChI is InChI=1S/C17H13BrN2O3/c18-14-7-3-11(4-8-14)9-15(17(22)23)20-16(21)13-5-1-12(10-19)2-6-13/h1-8,15H,9H2,(H,20,21)(H,22,23)/t15-/m0/s1. The number of nitriles is 1. The van der Waals surface area contributed by atoms with E-state index in [0.29, 0.717) is 11.1 Å². The van der Waals surface area contributed by atoms with Crippen molar-refractivity contribution >= 4 is 27.8 Å². The van der Waals surface area contributed by atoms with E-state index < -0.39 is 17.9 Å². The molecule has 0 bridgehead atoms. The molecule has 0 aliphatic rings. The Kier molecular flexibility index (Phi) is 5.50. The third-order valence-corrected chi connectivity index (χ3v) is 3.76. The van der Waals surface area contributed by atoms with E-state index in [1.165, 1.54) is 24.3 Å². The van der Waals surface area contributed by atoms with Crippen molar-refractivity contribution in [2.45, 2.75) is 12.5 Å². The minimum atomic E-state index is -1.10. The highest BCUT2D eigenvalue weighted by atomic mass is 79.9.